The lowest BCUT2D eigenvalue weighted by atomic mass is 9.98. The smallest absolute Gasteiger partial charge is 0.0575 e. The van der Waals surface area contributed by atoms with Crippen molar-refractivity contribution in [1.29, 1.82) is 0 Å². The van der Waals surface area contributed by atoms with Crippen LogP contribution >= 0.6 is 0 Å². The molecule has 1 aliphatic carbocycles. The Labute approximate surface area is 108 Å². The maximum absolute atomic E-state index is 5.91. The van der Waals surface area contributed by atoms with Crippen LogP contribution in [0.4, 0.5) is 0 Å². The van der Waals surface area contributed by atoms with Crippen molar-refractivity contribution < 1.29 is 4.74 Å². The quantitative estimate of drug-likeness (QED) is 0.683. The summed E-state index contributed by atoms with van der Waals surface area (Å²) in [5, 5.41) is 3.52. The molecule has 0 unspecified atom stereocenters. The third-order valence-electron chi connectivity index (χ3n) is 3.38. The third-order valence-corrected chi connectivity index (χ3v) is 3.38. The van der Waals surface area contributed by atoms with Crippen LogP contribution in [0.2, 0.25) is 0 Å². The molecule has 0 atom stereocenters. The van der Waals surface area contributed by atoms with Gasteiger partial charge in [0.1, 0.15) is 0 Å². The minimum absolute atomic E-state index is 0.262. The number of rotatable bonds is 7. The van der Waals surface area contributed by atoms with E-state index >= 15 is 0 Å². The van der Waals surface area contributed by atoms with Crippen molar-refractivity contribution in [1.82, 2.24) is 5.32 Å². The summed E-state index contributed by atoms with van der Waals surface area (Å²) in [4.78, 5) is 0. The summed E-state index contributed by atoms with van der Waals surface area (Å²) < 4.78 is 5.91. The fourth-order valence-electron chi connectivity index (χ4n) is 2.35. The van der Waals surface area contributed by atoms with Crippen LogP contribution in [0, 0.1) is 0 Å². The molecular formula is C15H31NO. The highest BCUT2D eigenvalue weighted by Gasteiger charge is 2.13. The molecule has 0 radical (unpaired) electrons. The second kappa shape index (κ2) is 8.10. The Morgan fingerprint density at radius 2 is 1.71 bits per heavy atom. The van der Waals surface area contributed by atoms with Gasteiger partial charge in [-0.2, -0.15) is 0 Å². The van der Waals surface area contributed by atoms with E-state index in [0.717, 1.165) is 13.2 Å². The standard InChI is InChI=1S/C15H31NO/c1-15(2,3)16-12-8-5-9-13-17-14-10-6-4-7-11-14/h14,16H,4-13H2,1-3H3. The van der Waals surface area contributed by atoms with Crippen LogP contribution < -0.4 is 5.32 Å². The van der Waals surface area contributed by atoms with E-state index in [1.165, 1.54) is 51.4 Å². The predicted molar refractivity (Wildman–Crippen MR) is 74.4 cm³/mol. The highest BCUT2D eigenvalue weighted by atomic mass is 16.5. The molecule has 1 fully saturated rings. The fraction of sp³-hybridized carbons (Fsp3) is 1.00. The molecule has 1 aliphatic rings. The van der Waals surface area contributed by atoms with Crippen molar-refractivity contribution in [2.24, 2.45) is 0 Å². The summed E-state index contributed by atoms with van der Waals surface area (Å²) in [6.07, 6.45) is 11.1. The predicted octanol–water partition coefficient (Wildman–Crippen LogP) is 3.89. The molecule has 0 spiro atoms. The molecule has 0 heterocycles. The summed E-state index contributed by atoms with van der Waals surface area (Å²) in [5.74, 6) is 0. The average Bonchev–Trinajstić information content (AvgIpc) is 2.28. The van der Waals surface area contributed by atoms with Crippen molar-refractivity contribution in [3.63, 3.8) is 0 Å². The monoisotopic (exact) mass is 241 g/mol. The van der Waals surface area contributed by atoms with Gasteiger partial charge in [0, 0.05) is 12.1 Å². The second-order valence-electron chi connectivity index (χ2n) is 6.37. The van der Waals surface area contributed by atoms with Gasteiger partial charge in [0.25, 0.3) is 0 Å². The molecule has 1 N–H and O–H groups in total. The molecule has 0 aliphatic heterocycles. The van der Waals surface area contributed by atoms with Crippen LogP contribution in [0.15, 0.2) is 0 Å². The van der Waals surface area contributed by atoms with Crippen LogP contribution in [0.1, 0.15) is 72.1 Å². The van der Waals surface area contributed by atoms with Gasteiger partial charge in [-0.15, -0.1) is 0 Å². The van der Waals surface area contributed by atoms with Crippen molar-refractivity contribution in [2.45, 2.75) is 83.8 Å². The highest BCUT2D eigenvalue weighted by molar-refractivity contribution is 4.69. The van der Waals surface area contributed by atoms with Crippen molar-refractivity contribution in [3.8, 4) is 0 Å². The minimum Gasteiger partial charge on any atom is -0.378 e. The number of hydrogen-bond acceptors (Lipinski definition) is 2. The molecule has 1 saturated carbocycles. The molecule has 0 bridgehead atoms. The zero-order chi connectivity index (χ0) is 12.6. The molecule has 0 aromatic heterocycles. The number of nitrogens with one attached hydrogen (secondary N) is 1. The summed E-state index contributed by atoms with van der Waals surface area (Å²) >= 11 is 0. The van der Waals surface area contributed by atoms with E-state index in [1.54, 1.807) is 0 Å². The second-order valence-corrected chi connectivity index (χ2v) is 6.37. The Hall–Kier alpha value is -0.0800. The van der Waals surface area contributed by atoms with Gasteiger partial charge < -0.3 is 10.1 Å². The average molecular weight is 241 g/mol. The molecule has 0 aromatic carbocycles. The van der Waals surface area contributed by atoms with Crippen molar-refractivity contribution in [2.75, 3.05) is 13.2 Å². The van der Waals surface area contributed by atoms with Crippen LogP contribution in [0.3, 0.4) is 0 Å². The van der Waals surface area contributed by atoms with Gasteiger partial charge in [0.15, 0.2) is 0 Å². The van der Waals surface area contributed by atoms with Crippen LogP contribution in [-0.2, 0) is 4.74 Å². The largest absolute Gasteiger partial charge is 0.378 e. The lowest BCUT2D eigenvalue weighted by molar-refractivity contribution is 0.0263. The molecule has 2 nitrogen and oxygen atoms in total. The number of hydrogen-bond donors (Lipinski definition) is 1. The van der Waals surface area contributed by atoms with Crippen LogP contribution in [0.25, 0.3) is 0 Å². The maximum Gasteiger partial charge on any atom is 0.0575 e. The van der Waals surface area contributed by atoms with Crippen molar-refractivity contribution in [3.05, 3.63) is 0 Å². The zero-order valence-corrected chi connectivity index (χ0v) is 12.1. The molecule has 102 valence electrons. The fourth-order valence-corrected chi connectivity index (χ4v) is 2.35. The van der Waals surface area contributed by atoms with Gasteiger partial charge in [-0.3, -0.25) is 0 Å². The van der Waals surface area contributed by atoms with Gasteiger partial charge in [0.05, 0.1) is 6.10 Å². The lowest BCUT2D eigenvalue weighted by Gasteiger charge is -2.22. The van der Waals surface area contributed by atoms with Crippen LogP contribution in [-0.4, -0.2) is 24.8 Å². The maximum atomic E-state index is 5.91. The first-order chi connectivity index (χ1) is 8.08. The molecule has 0 aromatic rings. The molecule has 17 heavy (non-hydrogen) atoms. The Morgan fingerprint density at radius 1 is 1.00 bits per heavy atom. The van der Waals surface area contributed by atoms with E-state index in [9.17, 15) is 0 Å². The van der Waals surface area contributed by atoms with Crippen LogP contribution in [0.5, 0.6) is 0 Å². The van der Waals surface area contributed by atoms with E-state index < -0.39 is 0 Å². The van der Waals surface area contributed by atoms with Gasteiger partial charge in [0.2, 0.25) is 0 Å². The normalized spacial score (nSPS) is 18.5. The Bertz CT molecular complexity index is 180. The third kappa shape index (κ3) is 8.62. The Kier molecular flexibility index (Phi) is 7.14. The highest BCUT2D eigenvalue weighted by Crippen LogP contribution is 2.20. The van der Waals surface area contributed by atoms with E-state index in [-0.39, 0.29) is 5.54 Å². The summed E-state index contributed by atoms with van der Waals surface area (Å²) in [6.45, 7) is 8.77. The summed E-state index contributed by atoms with van der Waals surface area (Å²) in [5.41, 5.74) is 0.262. The first-order valence-corrected chi connectivity index (χ1v) is 7.44. The Morgan fingerprint density at radius 3 is 2.35 bits per heavy atom. The molecule has 0 saturated heterocycles. The van der Waals surface area contributed by atoms with Gasteiger partial charge in [-0.25, -0.2) is 0 Å². The zero-order valence-electron chi connectivity index (χ0n) is 12.1. The SMILES string of the molecule is CC(C)(C)NCCCCCOC1CCCCC1. The molecule has 1 rings (SSSR count). The van der Waals surface area contributed by atoms with Gasteiger partial charge >= 0.3 is 0 Å². The van der Waals surface area contributed by atoms with E-state index in [4.69, 9.17) is 4.74 Å². The molecule has 0 amide bonds. The molecular weight excluding hydrogens is 210 g/mol. The van der Waals surface area contributed by atoms with E-state index in [1.807, 2.05) is 0 Å². The van der Waals surface area contributed by atoms with E-state index in [0.29, 0.717) is 6.10 Å². The Balaban J connectivity index is 1.84. The first-order valence-electron chi connectivity index (χ1n) is 7.44. The lowest BCUT2D eigenvalue weighted by Crippen LogP contribution is -2.36. The first kappa shape index (κ1) is 15.0. The molecule has 2 heteroatoms. The minimum atomic E-state index is 0.262. The van der Waals surface area contributed by atoms with Gasteiger partial charge in [-0.1, -0.05) is 19.3 Å². The number of ether oxygens (including phenoxy) is 1. The van der Waals surface area contributed by atoms with Gasteiger partial charge in [-0.05, 0) is 59.4 Å². The van der Waals surface area contributed by atoms with Crippen molar-refractivity contribution >= 4 is 0 Å². The topological polar surface area (TPSA) is 21.3 Å². The summed E-state index contributed by atoms with van der Waals surface area (Å²) in [6, 6.07) is 0. The summed E-state index contributed by atoms with van der Waals surface area (Å²) in [7, 11) is 0. The van der Waals surface area contributed by atoms with E-state index in [2.05, 4.69) is 26.1 Å². The number of unbranched alkanes of at least 4 members (excludes halogenated alkanes) is 2.